The molecule has 1 fully saturated rings. The maximum absolute atomic E-state index is 11.7. The summed E-state index contributed by atoms with van der Waals surface area (Å²) < 4.78 is 0. The Labute approximate surface area is 101 Å². The highest BCUT2D eigenvalue weighted by Crippen LogP contribution is 2.28. The molecule has 1 aromatic rings. The molecule has 0 heterocycles. The van der Waals surface area contributed by atoms with Gasteiger partial charge in [-0.25, -0.2) is 0 Å². The Morgan fingerprint density at radius 2 is 2.06 bits per heavy atom. The van der Waals surface area contributed by atoms with Crippen LogP contribution in [0.4, 0.5) is 0 Å². The van der Waals surface area contributed by atoms with Gasteiger partial charge in [-0.15, -0.1) is 0 Å². The van der Waals surface area contributed by atoms with Crippen molar-refractivity contribution in [3.05, 3.63) is 35.4 Å². The number of nitriles is 1. The van der Waals surface area contributed by atoms with Crippen molar-refractivity contribution in [2.75, 3.05) is 6.54 Å². The number of amides is 1. The number of hydrogen-bond acceptors (Lipinski definition) is 3. The molecule has 88 valence electrons. The zero-order valence-electron chi connectivity index (χ0n) is 9.60. The second kappa shape index (κ2) is 4.98. The molecular weight excluding hydrogens is 214 g/mol. The quantitative estimate of drug-likeness (QED) is 0.837. The lowest BCUT2D eigenvalue weighted by molar-refractivity contribution is -0.130. The first-order valence-electron chi connectivity index (χ1n) is 5.73. The summed E-state index contributed by atoms with van der Waals surface area (Å²) in [7, 11) is 0. The molecule has 0 spiro atoms. The van der Waals surface area contributed by atoms with E-state index in [9.17, 15) is 4.79 Å². The number of nitrogens with two attached hydrogens (primary N) is 1. The monoisotopic (exact) mass is 229 g/mol. The van der Waals surface area contributed by atoms with Crippen LogP contribution in [0.25, 0.3) is 0 Å². The summed E-state index contributed by atoms with van der Waals surface area (Å²) in [4.78, 5) is 13.5. The molecule has 0 atom stereocenters. The van der Waals surface area contributed by atoms with Crippen LogP contribution in [-0.4, -0.2) is 23.4 Å². The Morgan fingerprint density at radius 3 is 2.53 bits per heavy atom. The van der Waals surface area contributed by atoms with Gasteiger partial charge in [0.15, 0.2) is 0 Å². The first kappa shape index (κ1) is 11.6. The van der Waals surface area contributed by atoms with Crippen LogP contribution in [0.15, 0.2) is 24.3 Å². The molecule has 4 heteroatoms. The lowest BCUT2D eigenvalue weighted by atomic mass is 10.1. The highest BCUT2D eigenvalue weighted by molar-refractivity contribution is 5.78. The predicted molar refractivity (Wildman–Crippen MR) is 63.8 cm³/mol. The molecule has 2 N–H and O–H groups in total. The Morgan fingerprint density at radius 1 is 1.41 bits per heavy atom. The van der Waals surface area contributed by atoms with E-state index in [0.717, 1.165) is 18.4 Å². The van der Waals surface area contributed by atoms with Crippen LogP contribution in [-0.2, 0) is 11.3 Å². The van der Waals surface area contributed by atoms with E-state index in [0.29, 0.717) is 18.2 Å². The molecule has 1 aliphatic rings. The van der Waals surface area contributed by atoms with Gasteiger partial charge in [-0.3, -0.25) is 4.79 Å². The highest BCUT2D eigenvalue weighted by Gasteiger charge is 2.31. The van der Waals surface area contributed by atoms with Crippen LogP contribution in [0.2, 0.25) is 0 Å². The third-order valence-electron chi connectivity index (χ3n) is 2.92. The van der Waals surface area contributed by atoms with Gasteiger partial charge >= 0.3 is 0 Å². The largest absolute Gasteiger partial charge is 0.334 e. The summed E-state index contributed by atoms with van der Waals surface area (Å²) in [5, 5.41) is 8.70. The van der Waals surface area contributed by atoms with E-state index in [1.165, 1.54) is 0 Å². The third-order valence-corrected chi connectivity index (χ3v) is 2.92. The van der Waals surface area contributed by atoms with E-state index < -0.39 is 0 Å². The average Bonchev–Trinajstić information content (AvgIpc) is 3.20. The summed E-state index contributed by atoms with van der Waals surface area (Å²) in [5.41, 5.74) is 7.08. The van der Waals surface area contributed by atoms with E-state index in [4.69, 9.17) is 11.0 Å². The van der Waals surface area contributed by atoms with Gasteiger partial charge in [-0.05, 0) is 30.5 Å². The summed E-state index contributed by atoms with van der Waals surface area (Å²) in [6.45, 7) is 0.652. The minimum atomic E-state index is -0.00291. The van der Waals surface area contributed by atoms with E-state index >= 15 is 0 Å². The van der Waals surface area contributed by atoms with Crippen molar-refractivity contribution in [2.24, 2.45) is 5.73 Å². The SMILES string of the molecule is N#Cc1ccc(CN(C(=O)CN)C2CC2)cc1. The van der Waals surface area contributed by atoms with Gasteiger partial charge in [0.25, 0.3) is 0 Å². The summed E-state index contributed by atoms with van der Waals surface area (Å²) in [5.74, 6) is -0.00291. The lowest BCUT2D eigenvalue weighted by Gasteiger charge is -2.21. The number of nitrogens with zero attached hydrogens (tertiary/aromatic N) is 2. The minimum Gasteiger partial charge on any atom is -0.334 e. The number of rotatable bonds is 4. The number of carbonyl (C=O) groups is 1. The van der Waals surface area contributed by atoms with Gasteiger partial charge in [0.1, 0.15) is 0 Å². The molecule has 1 saturated carbocycles. The Kier molecular flexibility index (Phi) is 3.40. The van der Waals surface area contributed by atoms with Gasteiger partial charge in [0.05, 0.1) is 18.2 Å². The Balaban J connectivity index is 2.06. The first-order valence-corrected chi connectivity index (χ1v) is 5.73. The van der Waals surface area contributed by atoms with Gasteiger partial charge in [0.2, 0.25) is 5.91 Å². The van der Waals surface area contributed by atoms with Crippen LogP contribution in [0.5, 0.6) is 0 Å². The summed E-state index contributed by atoms with van der Waals surface area (Å²) in [6.07, 6.45) is 2.14. The predicted octanol–water partition coefficient (Wildman–Crippen LogP) is 1.01. The fourth-order valence-corrected chi connectivity index (χ4v) is 1.81. The summed E-state index contributed by atoms with van der Waals surface area (Å²) >= 11 is 0. The third kappa shape index (κ3) is 2.83. The van der Waals surface area contributed by atoms with Crippen molar-refractivity contribution in [1.29, 1.82) is 5.26 Å². The second-order valence-electron chi connectivity index (χ2n) is 4.27. The normalized spacial score (nSPS) is 14.1. The molecule has 17 heavy (non-hydrogen) atoms. The van der Waals surface area contributed by atoms with Crippen LogP contribution >= 0.6 is 0 Å². The van der Waals surface area contributed by atoms with E-state index in [2.05, 4.69) is 6.07 Å². The average molecular weight is 229 g/mol. The highest BCUT2D eigenvalue weighted by atomic mass is 16.2. The molecule has 4 nitrogen and oxygen atoms in total. The smallest absolute Gasteiger partial charge is 0.236 e. The zero-order valence-corrected chi connectivity index (χ0v) is 9.60. The number of benzene rings is 1. The molecule has 2 rings (SSSR count). The topological polar surface area (TPSA) is 70.1 Å². The van der Waals surface area contributed by atoms with E-state index in [-0.39, 0.29) is 12.5 Å². The Bertz CT molecular complexity index is 443. The van der Waals surface area contributed by atoms with Crippen molar-refractivity contribution in [3.63, 3.8) is 0 Å². The van der Waals surface area contributed by atoms with Crippen LogP contribution in [0, 0.1) is 11.3 Å². The van der Waals surface area contributed by atoms with Crippen molar-refractivity contribution < 1.29 is 4.79 Å². The second-order valence-corrected chi connectivity index (χ2v) is 4.27. The fraction of sp³-hybridized carbons (Fsp3) is 0.385. The maximum Gasteiger partial charge on any atom is 0.236 e. The molecule has 0 aromatic heterocycles. The summed E-state index contributed by atoms with van der Waals surface area (Å²) in [6, 6.07) is 9.75. The van der Waals surface area contributed by atoms with Gasteiger partial charge in [0, 0.05) is 12.6 Å². The molecule has 1 aliphatic carbocycles. The van der Waals surface area contributed by atoms with Crippen LogP contribution < -0.4 is 5.73 Å². The zero-order chi connectivity index (χ0) is 12.3. The van der Waals surface area contributed by atoms with Crippen molar-refractivity contribution >= 4 is 5.91 Å². The fourth-order valence-electron chi connectivity index (χ4n) is 1.81. The van der Waals surface area contributed by atoms with Gasteiger partial charge in [-0.2, -0.15) is 5.26 Å². The van der Waals surface area contributed by atoms with Gasteiger partial charge < -0.3 is 10.6 Å². The molecule has 1 aromatic carbocycles. The van der Waals surface area contributed by atoms with Crippen LogP contribution in [0.3, 0.4) is 0 Å². The lowest BCUT2D eigenvalue weighted by Crippen LogP contribution is -2.37. The molecule has 1 amide bonds. The molecule has 0 radical (unpaired) electrons. The molecule has 0 aliphatic heterocycles. The first-order chi connectivity index (χ1) is 8.24. The number of carbonyl (C=O) groups excluding carboxylic acids is 1. The van der Waals surface area contributed by atoms with Crippen molar-refractivity contribution in [2.45, 2.75) is 25.4 Å². The van der Waals surface area contributed by atoms with Crippen LogP contribution in [0.1, 0.15) is 24.0 Å². The Hall–Kier alpha value is -1.86. The maximum atomic E-state index is 11.7. The van der Waals surface area contributed by atoms with E-state index in [1.807, 2.05) is 17.0 Å². The van der Waals surface area contributed by atoms with Gasteiger partial charge in [-0.1, -0.05) is 12.1 Å². The van der Waals surface area contributed by atoms with E-state index in [1.54, 1.807) is 12.1 Å². The molecule has 0 unspecified atom stereocenters. The molecule has 0 bridgehead atoms. The standard InChI is InChI=1S/C13H15N3O/c14-7-10-1-3-11(4-2-10)9-16(12-5-6-12)13(17)8-15/h1-4,12H,5-6,8-9,15H2. The minimum absolute atomic E-state index is 0.00291. The molecular formula is C13H15N3O. The van der Waals surface area contributed by atoms with Crippen molar-refractivity contribution in [3.8, 4) is 6.07 Å². The number of hydrogen-bond donors (Lipinski definition) is 1. The molecule has 0 saturated heterocycles. The van der Waals surface area contributed by atoms with Crippen molar-refractivity contribution in [1.82, 2.24) is 4.90 Å².